The van der Waals surface area contributed by atoms with E-state index < -0.39 is 0 Å². The van der Waals surface area contributed by atoms with Crippen molar-refractivity contribution >= 4 is 11.2 Å². The third kappa shape index (κ3) is 3.20. The van der Waals surface area contributed by atoms with E-state index in [-0.39, 0.29) is 11.2 Å². The number of rotatable bonds is 4. The Bertz CT molecular complexity index is 1190. The van der Waals surface area contributed by atoms with E-state index in [1.165, 1.54) is 37.9 Å². The lowest BCUT2D eigenvalue weighted by Gasteiger charge is -2.22. The van der Waals surface area contributed by atoms with Crippen molar-refractivity contribution < 1.29 is 4.39 Å². The van der Waals surface area contributed by atoms with Gasteiger partial charge in [-0.1, -0.05) is 19.8 Å². The Hall–Kier alpha value is -3.09. The number of nitrogens with zero attached hydrogens (tertiary/aromatic N) is 6. The number of hydrogen-bond donors (Lipinski definition) is 0. The van der Waals surface area contributed by atoms with Gasteiger partial charge in [-0.2, -0.15) is 5.10 Å². The van der Waals surface area contributed by atoms with Gasteiger partial charge in [-0.05, 0) is 30.4 Å². The SMILES string of the molecule is Cn1cnc2cc(-c3nccc(F)c3-c3cnn(CC4(C)CCCC4)c3)cnc21. The summed E-state index contributed by atoms with van der Waals surface area (Å²) in [5, 5.41) is 4.52. The fourth-order valence-corrected chi connectivity index (χ4v) is 4.43. The van der Waals surface area contributed by atoms with Crippen molar-refractivity contribution in [3.63, 3.8) is 0 Å². The zero-order valence-corrected chi connectivity index (χ0v) is 16.6. The van der Waals surface area contributed by atoms with Crippen LogP contribution in [0.25, 0.3) is 33.5 Å². The van der Waals surface area contributed by atoms with Crippen molar-refractivity contribution in [1.29, 1.82) is 0 Å². The van der Waals surface area contributed by atoms with Gasteiger partial charge >= 0.3 is 0 Å². The van der Waals surface area contributed by atoms with Crippen molar-refractivity contribution in [2.45, 2.75) is 39.2 Å². The molecule has 1 fully saturated rings. The van der Waals surface area contributed by atoms with E-state index in [0.29, 0.717) is 11.3 Å². The molecule has 0 amide bonds. The number of fused-ring (bicyclic) bond motifs is 1. The minimum atomic E-state index is -0.317. The second-order valence-electron chi connectivity index (χ2n) is 8.38. The molecular formula is C22H23FN6. The van der Waals surface area contributed by atoms with Gasteiger partial charge in [0, 0.05) is 48.9 Å². The van der Waals surface area contributed by atoms with E-state index in [1.54, 1.807) is 18.7 Å². The maximum absolute atomic E-state index is 14.9. The topological polar surface area (TPSA) is 61.4 Å². The molecule has 4 aromatic heterocycles. The van der Waals surface area contributed by atoms with Crippen molar-refractivity contribution in [1.82, 2.24) is 29.3 Å². The summed E-state index contributed by atoms with van der Waals surface area (Å²) in [5.41, 5.74) is 4.28. The minimum absolute atomic E-state index is 0.271. The number of aryl methyl sites for hydroxylation is 1. The standard InChI is InChI=1S/C22H23FN6/c1-22(6-3-4-7-22)13-29-12-16(11-27-29)19-17(23)5-8-24-20(19)15-9-18-21(25-10-15)28(2)14-26-18/h5,8-12,14H,3-4,6-7,13H2,1-2H3. The van der Waals surface area contributed by atoms with Crippen LogP contribution in [0.5, 0.6) is 0 Å². The van der Waals surface area contributed by atoms with Gasteiger partial charge in [0.15, 0.2) is 5.65 Å². The fraction of sp³-hybridized carbons (Fsp3) is 0.364. The molecule has 6 nitrogen and oxygen atoms in total. The van der Waals surface area contributed by atoms with Crippen molar-refractivity contribution in [2.75, 3.05) is 0 Å². The number of hydrogen-bond acceptors (Lipinski definition) is 4. The highest BCUT2D eigenvalue weighted by molar-refractivity contribution is 5.84. The normalized spacial score (nSPS) is 16.0. The summed E-state index contributed by atoms with van der Waals surface area (Å²) in [6.07, 6.45) is 13.6. The van der Waals surface area contributed by atoms with Crippen molar-refractivity contribution in [3.05, 3.63) is 49.1 Å². The lowest BCUT2D eigenvalue weighted by molar-refractivity contribution is 0.268. The molecule has 0 saturated heterocycles. The molecule has 0 radical (unpaired) electrons. The molecule has 148 valence electrons. The maximum Gasteiger partial charge on any atom is 0.159 e. The largest absolute Gasteiger partial charge is 0.318 e. The second kappa shape index (κ2) is 6.76. The van der Waals surface area contributed by atoms with Crippen LogP contribution in [0.1, 0.15) is 32.6 Å². The van der Waals surface area contributed by atoms with Crippen LogP contribution < -0.4 is 0 Å². The van der Waals surface area contributed by atoms with Crippen molar-refractivity contribution in [3.8, 4) is 22.4 Å². The molecule has 0 spiro atoms. The van der Waals surface area contributed by atoms with Crippen molar-refractivity contribution in [2.24, 2.45) is 12.5 Å². The first-order chi connectivity index (χ1) is 14.0. The van der Waals surface area contributed by atoms with Crippen LogP contribution in [0.4, 0.5) is 4.39 Å². The van der Waals surface area contributed by atoms with E-state index in [4.69, 9.17) is 0 Å². The van der Waals surface area contributed by atoms with Crippen LogP contribution in [-0.4, -0.2) is 29.3 Å². The molecule has 0 N–H and O–H groups in total. The van der Waals surface area contributed by atoms with Gasteiger partial charge in [0.2, 0.25) is 0 Å². The molecule has 29 heavy (non-hydrogen) atoms. The molecule has 4 aromatic rings. The zero-order valence-electron chi connectivity index (χ0n) is 16.6. The van der Waals surface area contributed by atoms with Crippen LogP contribution in [-0.2, 0) is 13.6 Å². The highest BCUT2D eigenvalue weighted by Gasteiger charge is 2.29. The summed E-state index contributed by atoms with van der Waals surface area (Å²) >= 11 is 0. The Morgan fingerprint density at radius 2 is 1.93 bits per heavy atom. The van der Waals surface area contributed by atoms with E-state index in [0.717, 1.165) is 28.8 Å². The van der Waals surface area contributed by atoms with E-state index in [2.05, 4.69) is 27.0 Å². The average Bonchev–Trinajstić information content (AvgIpc) is 3.43. The van der Waals surface area contributed by atoms with Gasteiger partial charge in [-0.25, -0.2) is 14.4 Å². The molecule has 0 aromatic carbocycles. The van der Waals surface area contributed by atoms with Gasteiger partial charge in [-0.15, -0.1) is 0 Å². The first kappa shape index (κ1) is 18.0. The summed E-state index contributed by atoms with van der Waals surface area (Å²) in [6.45, 7) is 3.16. The van der Waals surface area contributed by atoms with Gasteiger partial charge in [0.05, 0.1) is 18.2 Å². The first-order valence-corrected chi connectivity index (χ1v) is 9.97. The fourth-order valence-electron chi connectivity index (χ4n) is 4.43. The monoisotopic (exact) mass is 390 g/mol. The molecule has 4 heterocycles. The summed E-state index contributed by atoms with van der Waals surface area (Å²) in [5.74, 6) is -0.317. The molecule has 0 bridgehead atoms. The molecular weight excluding hydrogens is 367 g/mol. The van der Waals surface area contributed by atoms with Crippen LogP contribution >= 0.6 is 0 Å². The molecule has 5 rings (SSSR count). The Labute approximate surface area is 168 Å². The Morgan fingerprint density at radius 1 is 1.10 bits per heavy atom. The second-order valence-corrected chi connectivity index (χ2v) is 8.38. The lowest BCUT2D eigenvalue weighted by atomic mass is 9.89. The molecule has 0 atom stereocenters. The number of pyridine rings is 2. The van der Waals surface area contributed by atoms with Crippen LogP contribution in [0.3, 0.4) is 0 Å². The van der Waals surface area contributed by atoms with E-state index >= 15 is 0 Å². The Morgan fingerprint density at radius 3 is 2.76 bits per heavy atom. The molecule has 0 aliphatic heterocycles. The number of imidazole rings is 1. The van der Waals surface area contributed by atoms with Gasteiger partial charge in [-0.3, -0.25) is 9.67 Å². The quantitative estimate of drug-likeness (QED) is 0.510. The molecule has 7 heteroatoms. The minimum Gasteiger partial charge on any atom is -0.318 e. The van der Waals surface area contributed by atoms with E-state index in [9.17, 15) is 4.39 Å². The third-order valence-corrected chi connectivity index (χ3v) is 6.00. The molecule has 1 aliphatic carbocycles. The molecule has 1 saturated carbocycles. The molecule has 0 unspecified atom stereocenters. The summed E-state index contributed by atoms with van der Waals surface area (Å²) in [7, 11) is 1.90. The zero-order chi connectivity index (χ0) is 20.0. The third-order valence-electron chi connectivity index (χ3n) is 6.00. The Kier molecular flexibility index (Phi) is 4.19. The maximum atomic E-state index is 14.9. The predicted octanol–water partition coefficient (Wildman–Crippen LogP) is 4.61. The molecule has 1 aliphatic rings. The summed E-state index contributed by atoms with van der Waals surface area (Å²) in [6, 6.07) is 3.29. The highest BCUT2D eigenvalue weighted by atomic mass is 19.1. The van der Waals surface area contributed by atoms with E-state index in [1.807, 2.05) is 28.6 Å². The van der Waals surface area contributed by atoms with Crippen LogP contribution in [0.2, 0.25) is 0 Å². The lowest BCUT2D eigenvalue weighted by Crippen LogP contribution is -2.19. The first-order valence-electron chi connectivity index (χ1n) is 9.97. The average molecular weight is 390 g/mol. The smallest absolute Gasteiger partial charge is 0.159 e. The number of aromatic nitrogens is 6. The Balaban J connectivity index is 1.55. The van der Waals surface area contributed by atoms with Crippen LogP contribution in [0, 0.1) is 11.2 Å². The highest BCUT2D eigenvalue weighted by Crippen LogP contribution is 2.39. The predicted molar refractivity (Wildman–Crippen MR) is 109 cm³/mol. The van der Waals surface area contributed by atoms with Gasteiger partial charge < -0.3 is 4.57 Å². The summed E-state index contributed by atoms with van der Waals surface area (Å²) < 4.78 is 18.7. The van der Waals surface area contributed by atoms with Gasteiger partial charge in [0.25, 0.3) is 0 Å². The van der Waals surface area contributed by atoms with Crippen LogP contribution in [0.15, 0.2) is 43.2 Å². The number of halogens is 1. The summed E-state index contributed by atoms with van der Waals surface area (Å²) in [4.78, 5) is 13.3. The van der Waals surface area contributed by atoms with Gasteiger partial charge in [0.1, 0.15) is 11.3 Å².